The molecule has 4 rings (SSSR count). The molecule has 2 saturated carbocycles. The summed E-state index contributed by atoms with van der Waals surface area (Å²) in [5, 5.41) is 0. The Morgan fingerprint density at radius 1 is 1.19 bits per heavy atom. The minimum absolute atomic E-state index is 0.243. The lowest BCUT2D eigenvalue weighted by molar-refractivity contribution is -0.139. The van der Waals surface area contributed by atoms with Gasteiger partial charge in [-0.25, -0.2) is 4.39 Å². The first-order valence-electron chi connectivity index (χ1n) is 10.5. The molecule has 1 saturated heterocycles. The molecule has 4 nitrogen and oxygen atoms in total. The molecule has 0 aromatic heterocycles. The quantitative estimate of drug-likeness (QED) is 0.755. The minimum Gasteiger partial charge on any atom is -0.497 e. The molecule has 1 amide bonds. The first-order valence-corrected chi connectivity index (χ1v) is 10.5. The summed E-state index contributed by atoms with van der Waals surface area (Å²) in [6.07, 6.45) is 9.61. The zero-order valence-corrected chi connectivity index (χ0v) is 16.3. The van der Waals surface area contributed by atoms with E-state index < -0.39 is 0 Å². The number of fused-ring (bicyclic) bond motifs is 1. The van der Waals surface area contributed by atoms with Gasteiger partial charge in [-0.15, -0.1) is 0 Å². The maximum Gasteiger partial charge on any atom is 0.237 e. The van der Waals surface area contributed by atoms with Crippen molar-refractivity contribution >= 4 is 5.91 Å². The number of carbonyl (C=O) groups excluding carboxylic acids is 1. The van der Waals surface area contributed by atoms with E-state index in [0.717, 1.165) is 32.2 Å². The van der Waals surface area contributed by atoms with Crippen molar-refractivity contribution in [2.75, 3.05) is 20.2 Å². The topological polar surface area (TPSA) is 32.8 Å². The second-order valence-electron chi connectivity index (χ2n) is 8.43. The number of carbonyl (C=O) groups is 1. The molecule has 1 aliphatic heterocycles. The number of nitrogens with zero attached hydrogens (tertiary/aromatic N) is 2. The van der Waals surface area contributed by atoms with E-state index in [1.165, 1.54) is 31.7 Å². The largest absolute Gasteiger partial charge is 0.497 e. The van der Waals surface area contributed by atoms with E-state index in [-0.39, 0.29) is 11.7 Å². The van der Waals surface area contributed by atoms with Crippen molar-refractivity contribution in [1.29, 1.82) is 0 Å². The van der Waals surface area contributed by atoms with Crippen LogP contribution in [-0.2, 0) is 11.3 Å². The van der Waals surface area contributed by atoms with Crippen LogP contribution < -0.4 is 4.74 Å². The van der Waals surface area contributed by atoms with Crippen LogP contribution >= 0.6 is 0 Å². The van der Waals surface area contributed by atoms with Gasteiger partial charge in [-0.05, 0) is 50.5 Å². The van der Waals surface area contributed by atoms with E-state index in [9.17, 15) is 9.18 Å². The van der Waals surface area contributed by atoms with E-state index in [1.54, 1.807) is 19.2 Å². The van der Waals surface area contributed by atoms with Crippen molar-refractivity contribution < 1.29 is 13.9 Å². The first kappa shape index (κ1) is 18.7. The number of halogens is 1. The van der Waals surface area contributed by atoms with Crippen LogP contribution in [0.1, 0.15) is 56.9 Å². The Hall–Kier alpha value is -1.62. The fourth-order valence-electron chi connectivity index (χ4n) is 4.95. The summed E-state index contributed by atoms with van der Waals surface area (Å²) in [4.78, 5) is 17.5. The fourth-order valence-corrected chi connectivity index (χ4v) is 4.95. The van der Waals surface area contributed by atoms with Gasteiger partial charge in [-0.1, -0.05) is 18.9 Å². The number of benzene rings is 1. The zero-order chi connectivity index (χ0) is 18.8. The minimum atomic E-state index is -0.252. The summed E-state index contributed by atoms with van der Waals surface area (Å²) >= 11 is 0. The third-order valence-corrected chi connectivity index (χ3v) is 6.60. The number of hydrogen-bond donors (Lipinski definition) is 0. The summed E-state index contributed by atoms with van der Waals surface area (Å²) in [7, 11) is 1.54. The average molecular weight is 375 g/mol. The molecular weight excluding hydrogens is 343 g/mol. The molecule has 2 atom stereocenters. The highest BCUT2D eigenvalue weighted by Gasteiger charge is 2.38. The van der Waals surface area contributed by atoms with Gasteiger partial charge in [-0.2, -0.15) is 0 Å². The van der Waals surface area contributed by atoms with Crippen molar-refractivity contribution in [1.82, 2.24) is 9.80 Å². The lowest BCUT2D eigenvalue weighted by Crippen LogP contribution is -2.52. The highest BCUT2D eigenvalue weighted by Crippen LogP contribution is 2.36. The van der Waals surface area contributed by atoms with Crippen molar-refractivity contribution in [2.24, 2.45) is 5.92 Å². The number of ether oxygens (including phenoxy) is 1. The van der Waals surface area contributed by atoms with Gasteiger partial charge >= 0.3 is 0 Å². The van der Waals surface area contributed by atoms with Crippen LogP contribution in [0.2, 0.25) is 0 Å². The molecule has 148 valence electrons. The smallest absolute Gasteiger partial charge is 0.237 e. The number of hydrogen-bond acceptors (Lipinski definition) is 3. The molecule has 1 heterocycles. The van der Waals surface area contributed by atoms with Crippen LogP contribution in [-0.4, -0.2) is 48.0 Å². The highest BCUT2D eigenvalue weighted by atomic mass is 19.1. The molecule has 2 aliphatic carbocycles. The Morgan fingerprint density at radius 3 is 2.70 bits per heavy atom. The van der Waals surface area contributed by atoms with Crippen LogP contribution in [0, 0.1) is 11.7 Å². The molecule has 0 spiro atoms. The molecule has 0 radical (unpaired) electrons. The molecule has 3 aliphatic rings. The van der Waals surface area contributed by atoms with Gasteiger partial charge in [0, 0.05) is 36.8 Å². The van der Waals surface area contributed by atoms with Crippen molar-refractivity contribution in [3.8, 4) is 5.75 Å². The monoisotopic (exact) mass is 374 g/mol. The van der Waals surface area contributed by atoms with E-state index in [2.05, 4.69) is 9.80 Å². The standard InChI is InChI=1S/C22H31FN2O2/c1-27-19-11-8-17(20(23)13-19)14-24(18-9-10-18)15-22(26)25-12-4-6-16-5-2-3-7-21(16)25/h8,11,13,16,18,21H,2-7,9-10,12,14-15H2,1H3. The van der Waals surface area contributed by atoms with Crippen LogP contribution in [0.25, 0.3) is 0 Å². The summed E-state index contributed by atoms with van der Waals surface area (Å²) in [5.74, 6) is 1.22. The number of rotatable bonds is 6. The predicted molar refractivity (Wildman–Crippen MR) is 103 cm³/mol. The maximum atomic E-state index is 14.4. The average Bonchev–Trinajstić information content (AvgIpc) is 3.53. The van der Waals surface area contributed by atoms with E-state index >= 15 is 0 Å². The fraction of sp³-hybridized carbons (Fsp3) is 0.682. The van der Waals surface area contributed by atoms with Crippen LogP contribution in [0.5, 0.6) is 5.75 Å². The van der Waals surface area contributed by atoms with Crippen LogP contribution in [0.15, 0.2) is 18.2 Å². The molecule has 0 N–H and O–H groups in total. The Kier molecular flexibility index (Phi) is 5.67. The van der Waals surface area contributed by atoms with Gasteiger partial charge in [-0.3, -0.25) is 9.69 Å². The van der Waals surface area contributed by atoms with Gasteiger partial charge in [0.15, 0.2) is 0 Å². The molecule has 5 heteroatoms. The summed E-state index contributed by atoms with van der Waals surface area (Å²) in [5.41, 5.74) is 0.643. The number of piperidine rings is 1. The summed E-state index contributed by atoms with van der Waals surface area (Å²) in [6.45, 7) is 1.81. The molecule has 0 bridgehead atoms. The Balaban J connectivity index is 1.43. The first-order chi connectivity index (χ1) is 13.2. The van der Waals surface area contributed by atoms with E-state index in [4.69, 9.17) is 4.74 Å². The van der Waals surface area contributed by atoms with Crippen LogP contribution in [0.4, 0.5) is 4.39 Å². The third-order valence-electron chi connectivity index (χ3n) is 6.60. The molecule has 3 fully saturated rings. The second-order valence-corrected chi connectivity index (χ2v) is 8.43. The summed E-state index contributed by atoms with van der Waals surface area (Å²) < 4.78 is 19.5. The second kappa shape index (κ2) is 8.17. The molecular formula is C22H31FN2O2. The molecule has 1 aromatic carbocycles. The van der Waals surface area contributed by atoms with Crippen molar-refractivity contribution in [2.45, 2.75) is 70.0 Å². The van der Waals surface area contributed by atoms with Gasteiger partial charge in [0.25, 0.3) is 0 Å². The maximum absolute atomic E-state index is 14.4. The van der Waals surface area contributed by atoms with Gasteiger partial charge in [0.05, 0.1) is 13.7 Å². The van der Waals surface area contributed by atoms with Crippen LogP contribution in [0.3, 0.4) is 0 Å². The third kappa shape index (κ3) is 4.29. The molecule has 27 heavy (non-hydrogen) atoms. The molecule has 1 aromatic rings. The van der Waals surface area contributed by atoms with Gasteiger partial charge in [0.2, 0.25) is 5.91 Å². The van der Waals surface area contributed by atoms with Gasteiger partial charge in [0.1, 0.15) is 11.6 Å². The van der Waals surface area contributed by atoms with E-state index in [0.29, 0.717) is 42.4 Å². The van der Waals surface area contributed by atoms with Crippen molar-refractivity contribution in [3.05, 3.63) is 29.6 Å². The number of amides is 1. The predicted octanol–water partition coefficient (Wildman–Crippen LogP) is 3.98. The molecule has 2 unspecified atom stereocenters. The van der Waals surface area contributed by atoms with E-state index in [1.807, 2.05) is 0 Å². The summed E-state index contributed by atoms with van der Waals surface area (Å²) in [6, 6.07) is 5.87. The number of likely N-dealkylation sites (tertiary alicyclic amines) is 1. The lowest BCUT2D eigenvalue weighted by Gasteiger charge is -2.44. The Labute approximate surface area is 161 Å². The SMILES string of the molecule is COc1ccc(CN(CC(=O)N2CCCC3CCCCC32)C2CC2)c(F)c1. The van der Waals surface area contributed by atoms with Gasteiger partial charge < -0.3 is 9.64 Å². The zero-order valence-electron chi connectivity index (χ0n) is 16.3. The lowest BCUT2D eigenvalue weighted by atomic mass is 9.78. The number of methoxy groups -OCH3 is 1. The Morgan fingerprint density at radius 2 is 1.96 bits per heavy atom. The van der Waals surface area contributed by atoms with Crippen molar-refractivity contribution in [3.63, 3.8) is 0 Å². The normalized spacial score (nSPS) is 25.4. The Bertz CT molecular complexity index is 674. The highest BCUT2D eigenvalue weighted by molar-refractivity contribution is 5.79.